The Kier molecular flexibility index (Phi) is 1.98. The lowest BCUT2D eigenvalue weighted by atomic mass is 10.1. The summed E-state index contributed by atoms with van der Waals surface area (Å²) in [6.07, 6.45) is 0. The van der Waals surface area contributed by atoms with Gasteiger partial charge in [-0.25, -0.2) is 0 Å². The zero-order valence-corrected chi connectivity index (χ0v) is 10.2. The summed E-state index contributed by atoms with van der Waals surface area (Å²) in [5.74, 6) is 0. The molecule has 0 aliphatic rings. The van der Waals surface area contributed by atoms with E-state index in [0.29, 0.717) is 0 Å². The van der Waals surface area contributed by atoms with Gasteiger partial charge < -0.3 is 0 Å². The number of H-pyrrole nitrogens is 1. The highest BCUT2D eigenvalue weighted by Crippen LogP contribution is 2.34. The average Bonchev–Trinajstić information content (AvgIpc) is 3.04. The largest absolute Gasteiger partial charge is 0.197 e. The molecule has 0 unspecified atom stereocenters. The SMILES string of the molecule is c1ccc2sc(-c3ccc4n[nH]nc4c3)cc2c1. The van der Waals surface area contributed by atoms with Crippen LogP contribution in [0.4, 0.5) is 0 Å². The Morgan fingerprint density at radius 2 is 1.78 bits per heavy atom. The van der Waals surface area contributed by atoms with Gasteiger partial charge in [-0.2, -0.15) is 15.4 Å². The molecule has 2 heterocycles. The van der Waals surface area contributed by atoms with Crippen molar-refractivity contribution >= 4 is 32.5 Å². The lowest BCUT2D eigenvalue weighted by Gasteiger charge is -1.95. The van der Waals surface area contributed by atoms with Gasteiger partial charge in [-0.1, -0.05) is 24.3 Å². The average molecular weight is 251 g/mol. The Bertz CT molecular complexity index is 811. The number of aromatic amines is 1. The maximum atomic E-state index is 4.13. The summed E-state index contributed by atoms with van der Waals surface area (Å²) in [5, 5.41) is 12.1. The summed E-state index contributed by atoms with van der Waals surface area (Å²) in [6, 6.07) is 16.8. The molecule has 0 atom stereocenters. The number of thiophene rings is 1. The molecule has 4 heteroatoms. The third-order valence-electron chi connectivity index (χ3n) is 3.03. The zero-order chi connectivity index (χ0) is 11.9. The van der Waals surface area contributed by atoms with E-state index in [9.17, 15) is 0 Å². The fourth-order valence-corrected chi connectivity index (χ4v) is 3.18. The van der Waals surface area contributed by atoms with Crippen molar-refractivity contribution in [2.45, 2.75) is 0 Å². The molecule has 2 aromatic heterocycles. The Hall–Kier alpha value is -2.20. The van der Waals surface area contributed by atoms with Crippen LogP contribution < -0.4 is 0 Å². The maximum Gasteiger partial charge on any atom is 0.113 e. The quantitative estimate of drug-likeness (QED) is 0.558. The van der Waals surface area contributed by atoms with E-state index >= 15 is 0 Å². The Morgan fingerprint density at radius 3 is 2.72 bits per heavy atom. The smallest absolute Gasteiger partial charge is 0.113 e. The third kappa shape index (κ3) is 1.43. The van der Waals surface area contributed by atoms with Crippen LogP contribution in [-0.4, -0.2) is 15.4 Å². The fraction of sp³-hybridized carbons (Fsp3) is 0. The first-order valence-corrected chi connectivity index (χ1v) is 6.51. The van der Waals surface area contributed by atoms with E-state index in [-0.39, 0.29) is 0 Å². The molecule has 18 heavy (non-hydrogen) atoms. The van der Waals surface area contributed by atoms with Gasteiger partial charge in [0, 0.05) is 9.58 Å². The van der Waals surface area contributed by atoms with Crippen molar-refractivity contribution in [2.75, 3.05) is 0 Å². The summed E-state index contributed by atoms with van der Waals surface area (Å²) in [4.78, 5) is 1.26. The Labute approximate surface area is 107 Å². The molecule has 1 N–H and O–H groups in total. The van der Waals surface area contributed by atoms with Crippen molar-refractivity contribution < 1.29 is 0 Å². The fourth-order valence-electron chi connectivity index (χ4n) is 2.12. The van der Waals surface area contributed by atoms with Crippen LogP contribution in [0.1, 0.15) is 0 Å². The number of rotatable bonds is 1. The van der Waals surface area contributed by atoms with Gasteiger partial charge >= 0.3 is 0 Å². The normalized spacial score (nSPS) is 11.3. The van der Waals surface area contributed by atoms with E-state index < -0.39 is 0 Å². The summed E-state index contributed by atoms with van der Waals surface area (Å²) in [5.41, 5.74) is 3.00. The lowest BCUT2D eigenvalue weighted by molar-refractivity contribution is 0.959. The van der Waals surface area contributed by atoms with Crippen molar-refractivity contribution in [3.05, 3.63) is 48.5 Å². The van der Waals surface area contributed by atoms with Gasteiger partial charge in [-0.15, -0.1) is 11.3 Å². The number of nitrogens with one attached hydrogen (secondary N) is 1. The monoisotopic (exact) mass is 251 g/mol. The van der Waals surface area contributed by atoms with Crippen LogP contribution in [0.15, 0.2) is 48.5 Å². The first-order valence-electron chi connectivity index (χ1n) is 5.70. The zero-order valence-electron chi connectivity index (χ0n) is 9.42. The Morgan fingerprint density at radius 1 is 0.889 bits per heavy atom. The number of aromatic nitrogens is 3. The molecule has 0 saturated carbocycles. The van der Waals surface area contributed by atoms with Crippen molar-refractivity contribution in [1.82, 2.24) is 15.4 Å². The number of fused-ring (bicyclic) bond motifs is 2. The third-order valence-corrected chi connectivity index (χ3v) is 4.19. The standard InChI is InChI=1S/C14H9N3S/c1-2-4-13-9(3-1)8-14(18-13)10-5-6-11-12(7-10)16-17-15-11/h1-8H,(H,15,16,17). The second-order valence-corrected chi connectivity index (χ2v) is 5.26. The lowest BCUT2D eigenvalue weighted by Crippen LogP contribution is -1.73. The molecule has 0 amide bonds. The predicted octanol–water partition coefficient (Wildman–Crippen LogP) is 3.84. The molecule has 0 aliphatic carbocycles. The number of nitrogens with zero attached hydrogens (tertiary/aromatic N) is 2. The van der Waals surface area contributed by atoms with Crippen LogP contribution in [0, 0.1) is 0 Å². The summed E-state index contributed by atoms with van der Waals surface area (Å²) in [6.45, 7) is 0. The molecule has 0 spiro atoms. The van der Waals surface area contributed by atoms with Gasteiger partial charge in [0.2, 0.25) is 0 Å². The Balaban J connectivity index is 1.94. The van der Waals surface area contributed by atoms with Gasteiger partial charge in [-0.3, -0.25) is 0 Å². The van der Waals surface area contributed by atoms with Gasteiger partial charge in [0.05, 0.1) is 0 Å². The minimum absolute atomic E-state index is 0.903. The first kappa shape index (κ1) is 9.79. The minimum atomic E-state index is 0.903. The molecule has 2 aromatic carbocycles. The second-order valence-electron chi connectivity index (χ2n) is 4.18. The minimum Gasteiger partial charge on any atom is -0.197 e. The van der Waals surface area contributed by atoms with E-state index in [2.05, 4.69) is 57.9 Å². The number of hydrogen-bond acceptors (Lipinski definition) is 3. The van der Waals surface area contributed by atoms with Gasteiger partial charge in [0.1, 0.15) is 11.0 Å². The highest BCUT2D eigenvalue weighted by molar-refractivity contribution is 7.22. The highest BCUT2D eigenvalue weighted by atomic mass is 32.1. The maximum absolute atomic E-state index is 4.13. The molecule has 0 saturated heterocycles. The van der Waals surface area contributed by atoms with Crippen LogP contribution >= 0.6 is 11.3 Å². The molecule has 4 rings (SSSR count). The molecule has 0 radical (unpaired) electrons. The predicted molar refractivity (Wildman–Crippen MR) is 74.7 cm³/mol. The number of benzene rings is 2. The van der Waals surface area contributed by atoms with E-state index in [1.807, 2.05) is 6.07 Å². The molecule has 0 bridgehead atoms. The van der Waals surface area contributed by atoms with Crippen LogP contribution in [0.25, 0.3) is 31.6 Å². The van der Waals surface area contributed by atoms with Gasteiger partial charge in [0.25, 0.3) is 0 Å². The molecular weight excluding hydrogens is 242 g/mol. The molecule has 86 valence electrons. The highest BCUT2D eigenvalue weighted by Gasteiger charge is 2.06. The topological polar surface area (TPSA) is 41.6 Å². The van der Waals surface area contributed by atoms with Crippen molar-refractivity contribution in [1.29, 1.82) is 0 Å². The van der Waals surface area contributed by atoms with E-state index in [1.54, 1.807) is 11.3 Å². The van der Waals surface area contributed by atoms with Gasteiger partial charge in [0.15, 0.2) is 0 Å². The van der Waals surface area contributed by atoms with Crippen LogP contribution in [0.2, 0.25) is 0 Å². The number of hydrogen-bond donors (Lipinski definition) is 1. The molecule has 3 nitrogen and oxygen atoms in total. The molecular formula is C14H9N3S. The first-order chi connectivity index (χ1) is 8.90. The van der Waals surface area contributed by atoms with Crippen molar-refractivity contribution in [3.63, 3.8) is 0 Å². The molecule has 4 aromatic rings. The van der Waals surface area contributed by atoms with Crippen molar-refractivity contribution in [2.24, 2.45) is 0 Å². The second kappa shape index (κ2) is 3.65. The van der Waals surface area contributed by atoms with E-state index in [1.165, 1.54) is 20.5 Å². The van der Waals surface area contributed by atoms with E-state index in [4.69, 9.17) is 0 Å². The summed E-state index contributed by atoms with van der Waals surface area (Å²) < 4.78 is 1.31. The summed E-state index contributed by atoms with van der Waals surface area (Å²) >= 11 is 1.80. The van der Waals surface area contributed by atoms with Gasteiger partial charge in [-0.05, 0) is 35.2 Å². The van der Waals surface area contributed by atoms with Crippen LogP contribution in [-0.2, 0) is 0 Å². The molecule has 0 aliphatic heterocycles. The molecule has 0 fully saturated rings. The van der Waals surface area contributed by atoms with Crippen LogP contribution in [0.5, 0.6) is 0 Å². The van der Waals surface area contributed by atoms with E-state index in [0.717, 1.165) is 11.0 Å². The van der Waals surface area contributed by atoms with Crippen molar-refractivity contribution in [3.8, 4) is 10.4 Å². The van der Waals surface area contributed by atoms with Crippen LogP contribution in [0.3, 0.4) is 0 Å². The summed E-state index contributed by atoms with van der Waals surface area (Å²) in [7, 11) is 0.